The summed E-state index contributed by atoms with van der Waals surface area (Å²) in [5.41, 5.74) is 6.39. The van der Waals surface area contributed by atoms with Crippen molar-refractivity contribution in [3.05, 3.63) is 36.9 Å². The largest absolute Gasteiger partial charge is 0.491 e. The van der Waals surface area contributed by atoms with Gasteiger partial charge in [0, 0.05) is 11.8 Å². The molecule has 0 aromatic heterocycles. The van der Waals surface area contributed by atoms with Gasteiger partial charge in [-0.15, -0.1) is 6.58 Å². The summed E-state index contributed by atoms with van der Waals surface area (Å²) >= 11 is 0. The lowest BCUT2D eigenvalue weighted by Gasteiger charge is -2.14. The minimum atomic E-state index is -0.573. The molecule has 0 aliphatic heterocycles. The van der Waals surface area contributed by atoms with E-state index in [4.69, 9.17) is 10.5 Å². The molecule has 2 unspecified atom stereocenters. The summed E-state index contributed by atoms with van der Waals surface area (Å²) in [6, 6.07) is 6.74. The van der Waals surface area contributed by atoms with Crippen molar-refractivity contribution in [3.8, 4) is 5.75 Å². The van der Waals surface area contributed by atoms with Crippen LogP contribution in [0.4, 0.5) is 5.69 Å². The van der Waals surface area contributed by atoms with Crippen LogP contribution in [-0.4, -0.2) is 18.1 Å². The Morgan fingerprint density at radius 3 is 2.95 bits per heavy atom. The summed E-state index contributed by atoms with van der Waals surface area (Å²) in [5, 5.41) is 2.77. The smallest absolute Gasteiger partial charge is 0.241 e. The fraction of sp³-hybridized carbons (Fsp3) is 0.400. The van der Waals surface area contributed by atoms with Gasteiger partial charge in [-0.05, 0) is 31.9 Å². The number of amides is 1. The van der Waals surface area contributed by atoms with Gasteiger partial charge >= 0.3 is 0 Å². The molecule has 0 saturated carbocycles. The number of carbonyl (C=O) groups excluding carboxylic acids is 1. The monoisotopic (exact) mass is 262 g/mol. The van der Waals surface area contributed by atoms with Crippen LogP contribution < -0.4 is 15.8 Å². The standard InChI is InChI=1S/C15H22N2O2/c1-4-7-14(16)15(18)17-12-8-6-9-13(10-12)19-11(3)5-2/h4,6,8-11,14H,1,5,7,16H2,2-3H3,(H,17,18). The zero-order valence-electron chi connectivity index (χ0n) is 11.6. The van der Waals surface area contributed by atoms with Crippen molar-refractivity contribution in [1.82, 2.24) is 0 Å². The predicted octanol–water partition coefficient (Wildman–Crippen LogP) is 2.71. The zero-order valence-corrected chi connectivity index (χ0v) is 11.6. The maximum absolute atomic E-state index is 11.8. The first kappa shape index (κ1) is 15.2. The third-order valence-corrected chi connectivity index (χ3v) is 2.77. The average Bonchev–Trinajstić information content (AvgIpc) is 2.39. The molecule has 2 atom stereocenters. The van der Waals surface area contributed by atoms with Crippen LogP contribution in [0.1, 0.15) is 26.7 Å². The van der Waals surface area contributed by atoms with Gasteiger partial charge in [-0.2, -0.15) is 0 Å². The summed E-state index contributed by atoms with van der Waals surface area (Å²) in [6.07, 6.45) is 3.16. The van der Waals surface area contributed by atoms with E-state index in [9.17, 15) is 4.79 Å². The van der Waals surface area contributed by atoms with Gasteiger partial charge in [0.25, 0.3) is 0 Å². The van der Waals surface area contributed by atoms with Crippen LogP contribution >= 0.6 is 0 Å². The van der Waals surface area contributed by atoms with Crippen LogP contribution in [0.5, 0.6) is 5.75 Å². The Morgan fingerprint density at radius 2 is 2.32 bits per heavy atom. The third kappa shape index (κ3) is 5.14. The van der Waals surface area contributed by atoms with Crippen molar-refractivity contribution in [1.29, 1.82) is 0 Å². The molecule has 0 heterocycles. The number of ether oxygens (including phenoxy) is 1. The highest BCUT2D eigenvalue weighted by molar-refractivity contribution is 5.94. The summed E-state index contributed by atoms with van der Waals surface area (Å²) in [4.78, 5) is 11.8. The molecule has 0 aliphatic carbocycles. The zero-order chi connectivity index (χ0) is 14.3. The Kier molecular flexibility index (Phi) is 6.09. The second kappa shape index (κ2) is 7.59. The number of anilines is 1. The maximum Gasteiger partial charge on any atom is 0.241 e. The lowest BCUT2D eigenvalue weighted by Crippen LogP contribution is -2.35. The van der Waals surface area contributed by atoms with E-state index >= 15 is 0 Å². The lowest BCUT2D eigenvalue weighted by atomic mass is 10.2. The molecule has 19 heavy (non-hydrogen) atoms. The van der Waals surface area contributed by atoms with E-state index in [0.29, 0.717) is 12.1 Å². The van der Waals surface area contributed by atoms with E-state index < -0.39 is 6.04 Å². The van der Waals surface area contributed by atoms with Crippen molar-refractivity contribution < 1.29 is 9.53 Å². The van der Waals surface area contributed by atoms with Crippen molar-refractivity contribution >= 4 is 11.6 Å². The van der Waals surface area contributed by atoms with Gasteiger partial charge in [0.05, 0.1) is 12.1 Å². The first-order valence-electron chi connectivity index (χ1n) is 6.50. The molecule has 4 nitrogen and oxygen atoms in total. The Balaban J connectivity index is 2.66. The molecule has 0 aliphatic rings. The lowest BCUT2D eigenvalue weighted by molar-refractivity contribution is -0.117. The van der Waals surface area contributed by atoms with Crippen LogP contribution in [0, 0.1) is 0 Å². The topological polar surface area (TPSA) is 64.4 Å². The fourth-order valence-corrected chi connectivity index (χ4v) is 1.48. The van der Waals surface area contributed by atoms with Crippen molar-refractivity contribution in [2.75, 3.05) is 5.32 Å². The maximum atomic E-state index is 11.8. The number of nitrogens with one attached hydrogen (secondary N) is 1. The van der Waals surface area contributed by atoms with Crippen LogP contribution in [0.15, 0.2) is 36.9 Å². The van der Waals surface area contributed by atoms with Crippen LogP contribution in [0.3, 0.4) is 0 Å². The van der Waals surface area contributed by atoms with Gasteiger partial charge in [-0.3, -0.25) is 4.79 Å². The molecule has 1 aromatic rings. The summed E-state index contributed by atoms with van der Waals surface area (Å²) in [7, 11) is 0. The van der Waals surface area contributed by atoms with Crippen molar-refractivity contribution in [2.24, 2.45) is 5.73 Å². The highest BCUT2D eigenvalue weighted by Gasteiger charge is 2.12. The van der Waals surface area contributed by atoms with E-state index in [1.54, 1.807) is 12.1 Å². The molecule has 4 heteroatoms. The highest BCUT2D eigenvalue weighted by atomic mass is 16.5. The van der Waals surface area contributed by atoms with E-state index in [1.165, 1.54) is 0 Å². The number of nitrogens with two attached hydrogens (primary N) is 1. The Morgan fingerprint density at radius 1 is 1.58 bits per heavy atom. The Bertz CT molecular complexity index is 432. The normalized spacial score (nSPS) is 13.4. The number of hydrogen-bond donors (Lipinski definition) is 2. The molecular weight excluding hydrogens is 240 g/mol. The molecule has 0 fully saturated rings. The van der Waals surface area contributed by atoms with Gasteiger partial charge in [-0.1, -0.05) is 19.1 Å². The van der Waals surface area contributed by atoms with E-state index in [1.807, 2.05) is 25.1 Å². The number of rotatable bonds is 7. The minimum Gasteiger partial charge on any atom is -0.491 e. The second-order valence-electron chi connectivity index (χ2n) is 4.48. The summed E-state index contributed by atoms with van der Waals surface area (Å²) < 4.78 is 5.69. The average molecular weight is 262 g/mol. The van der Waals surface area contributed by atoms with Gasteiger partial charge in [0.1, 0.15) is 5.75 Å². The molecule has 0 spiro atoms. The number of carbonyl (C=O) groups is 1. The minimum absolute atomic E-state index is 0.147. The van der Waals surface area contributed by atoms with E-state index in [0.717, 1.165) is 12.2 Å². The third-order valence-electron chi connectivity index (χ3n) is 2.77. The summed E-state index contributed by atoms with van der Waals surface area (Å²) in [5.74, 6) is 0.519. The van der Waals surface area contributed by atoms with E-state index in [2.05, 4.69) is 18.8 Å². The van der Waals surface area contributed by atoms with Gasteiger partial charge in [0.15, 0.2) is 0 Å². The van der Waals surface area contributed by atoms with Crippen LogP contribution in [0.25, 0.3) is 0 Å². The Hall–Kier alpha value is -1.81. The molecular formula is C15H22N2O2. The second-order valence-corrected chi connectivity index (χ2v) is 4.48. The quantitative estimate of drug-likeness (QED) is 0.743. The first-order chi connectivity index (χ1) is 9.06. The summed E-state index contributed by atoms with van der Waals surface area (Å²) in [6.45, 7) is 7.63. The number of hydrogen-bond acceptors (Lipinski definition) is 3. The van der Waals surface area contributed by atoms with Gasteiger partial charge in [-0.25, -0.2) is 0 Å². The van der Waals surface area contributed by atoms with Crippen LogP contribution in [-0.2, 0) is 4.79 Å². The molecule has 104 valence electrons. The SMILES string of the molecule is C=CCC(N)C(=O)Nc1cccc(OC(C)CC)c1. The van der Waals surface area contributed by atoms with Crippen molar-refractivity contribution in [3.63, 3.8) is 0 Å². The predicted molar refractivity (Wildman–Crippen MR) is 78.2 cm³/mol. The molecule has 1 rings (SSSR count). The molecule has 0 saturated heterocycles. The molecule has 3 N–H and O–H groups in total. The first-order valence-corrected chi connectivity index (χ1v) is 6.50. The fourth-order valence-electron chi connectivity index (χ4n) is 1.48. The van der Waals surface area contributed by atoms with E-state index in [-0.39, 0.29) is 12.0 Å². The van der Waals surface area contributed by atoms with Crippen LogP contribution in [0.2, 0.25) is 0 Å². The van der Waals surface area contributed by atoms with Gasteiger partial charge < -0.3 is 15.8 Å². The van der Waals surface area contributed by atoms with Gasteiger partial charge in [0.2, 0.25) is 5.91 Å². The molecule has 1 aromatic carbocycles. The Labute approximate surface area is 114 Å². The molecule has 0 bridgehead atoms. The molecule has 0 radical (unpaired) electrons. The number of benzene rings is 1. The van der Waals surface area contributed by atoms with Crippen molar-refractivity contribution in [2.45, 2.75) is 38.8 Å². The molecule has 1 amide bonds. The highest BCUT2D eigenvalue weighted by Crippen LogP contribution is 2.19.